The molecule has 0 saturated heterocycles. The topological polar surface area (TPSA) is 72.5 Å². The first-order chi connectivity index (χ1) is 8.97. The van der Waals surface area contributed by atoms with Gasteiger partial charge in [0.2, 0.25) is 0 Å². The molecular formula is C14H18FNO3. The van der Waals surface area contributed by atoms with Gasteiger partial charge in [-0.1, -0.05) is 13.3 Å². The van der Waals surface area contributed by atoms with E-state index in [-0.39, 0.29) is 17.5 Å². The van der Waals surface area contributed by atoms with Crippen molar-refractivity contribution < 1.29 is 19.0 Å². The Morgan fingerprint density at radius 2 is 2.21 bits per heavy atom. The number of anilines is 1. The van der Waals surface area contributed by atoms with E-state index in [2.05, 4.69) is 6.92 Å². The van der Waals surface area contributed by atoms with Gasteiger partial charge < -0.3 is 15.6 Å². The Morgan fingerprint density at radius 1 is 1.47 bits per heavy atom. The standard InChI is InChI=1S/C14H18FNO3/c1-8-3-2-4-9(5-8)19-13-7-11(15)10(14(17)18)6-12(13)16/h6-9H,2-5,16H2,1H3,(H,17,18). The molecule has 1 saturated carbocycles. The Morgan fingerprint density at radius 3 is 2.84 bits per heavy atom. The lowest BCUT2D eigenvalue weighted by molar-refractivity contribution is 0.0691. The van der Waals surface area contributed by atoms with Crippen LogP contribution in [-0.4, -0.2) is 17.2 Å². The normalized spacial score (nSPS) is 23.1. The molecule has 104 valence electrons. The van der Waals surface area contributed by atoms with Crippen molar-refractivity contribution in [3.05, 3.63) is 23.5 Å². The van der Waals surface area contributed by atoms with Gasteiger partial charge in [0, 0.05) is 6.07 Å². The summed E-state index contributed by atoms with van der Waals surface area (Å²) in [7, 11) is 0. The zero-order chi connectivity index (χ0) is 14.0. The van der Waals surface area contributed by atoms with Gasteiger partial charge in [0.1, 0.15) is 11.6 Å². The fourth-order valence-electron chi connectivity index (χ4n) is 2.50. The highest BCUT2D eigenvalue weighted by Crippen LogP contribution is 2.31. The van der Waals surface area contributed by atoms with Gasteiger partial charge in [0.25, 0.3) is 0 Å². The third-order valence-corrected chi connectivity index (χ3v) is 3.51. The quantitative estimate of drug-likeness (QED) is 0.825. The second-order valence-corrected chi connectivity index (χ2v) is 5.19. The van der Waals surface area contributed by atoms with Gasteiger partial charge in [-0.25, -0.2) is 9.18 Å². The van der Waals surface area contributed by atoms with Crippen molar-refractivity contribution in [3.8, 4) is 5.75 Å². The SMILES string of the molecule is CC1CCCC(Oc2cc(F)c(C(=O)O)cc2N)C1. The fourth-order valence-corrected chi connectivity index (χ4v) is 2.50. The van der Waals surface area contributed by atoms with E-state index in [1.54, 1.807) is 0 Å². The minimum Gasteiger partial charge on any atom is -0.488 e. The Bertz CT molecular complexity index is 490. The van der Waals surface area contributed by atoms with E-state index in [4.69, 9.17) is 15.6 Å². The number of rotatable bonds is 3. The predicted octanol–water partition coefficient (Wildman–Crippen LogP) is 3.06. The Labute approximate surface area is 111 Å². The molecule has 1 aromatic rings. The van der Waals surface area contributed by atoms with E-state index < -0.39 is 17.3 Å². The third-order valence-electron chi connectivity index (χ3n) is 3.51. The lowest BCUT2D eigenvalue weighted by atomic mass is 9.89. The van der Waals surface area contributed by atoms with Crippen LogP contribution in [0.3, 0.4) is 0 Å². The summed E-state index contributed by atoms with van der Waals surface area (Å²) in [5, 5.41) is 8.80. The molecule has 0 bridgehead atoms. The van der Waals surface area contributed by atoms with Gasteiger partial charge >= 0.3 is 5.97 Å². The number of halogens is 1. The molecule has 0 heterocycles. The van der Waals surface area contributed by atoms with Crippen LogP contribution < -0.4 is 10.5 Å². The molecule has 1 aromatic carbocycles. The summed E-state index contributed by atoms with van der Waals surface area (Å²) >= 11 is 0. The number of carboxylic acid groups (broad SMARTS) is 1. The van der Waals surface area contributed by atoms with Crippen LogP contribution in [-0.2, 0) is 0 Å². The molecular weight excluding hydrogens is 249 g/mol. The molecule has 1 aliphatic carbocycles. The fraction of sp³-hybridized carbons (Fsp3) is 0.500. The predicted molar refractivity (Wildman–Crippen MR) is 69.8 cm³/mol. The Balaban J connectivity index is 2.16. The van der Waals surface area contributed by atoms with Crippen molar-refractivity contribution in [2.24, 2.45) is 5.92 Å². The molecule has 2 atom stereocenters. The number of aromatic carboxylic acids is 1. The van der Waals surface area contributed by atoms with Gasteiger partial charge in [0.05, 0.1) is 17.4 Å². The number of hydrogen-bond acceptors (Lipinski definition) is 3. The minimum absolute atomic E-state index is 0.0288. The summed E-state index contributed by atoms with van der Waals surface area (Å²) < 4.78 is 19.3. The van der Waals surface area contributed by atoms with Crippen molar-refractivity contribution in [2.45, 2.75) is 38.7 Å². The van der Waals surface area contributed by atoms with Crippen LogP contribution in [0.2, 0.25) is 0 Å². The van der Waals surface area contributed by atoms with Gasteiger partial charge in [-0.3, -0.25) is 0 Å². The maximum Gasteiger partial charge on any atom is 0.338 e. The number of carbonyl (C=O) groups is 1. The second kappa shape index (κ2) is 5.47. The number of nitrogens with two attached hydrogens (primary N) is 1. The molecule has 1 fully saturated rings. The number of ether oxygens (including phenoxy) is 1. The molecule has 0 spiro atoms. The van der Waals surface area contributed by atoms with E-state index in [1.807, 2.05) is 0 Å². The molecule has 0 radical (unpaired) electrons. The van der Waals surface area contributed by atoms with Crippen LogP contribution in [0.25, 0.3) is 0 Å². The lowest BCUT2D eigenvalue weighted by Crippen LogP contribution is -2.24. The van der Waals surface area contributed by atoms with Crippen molar-refractivity contribution in [3.63, 3.8) is 0 Å². The molecule has 4 nitrogen and oxygen atoms in total. The van der Waals surface area contributed by atoms with Crippen molar-refractivity contribution in [1.82, 2.24) is 0 Å². The molecule has 2 unspecified atom stereocenters. The van der Waals surface area contributed by atoms with E-state index >= 15 is 0 Å². The summed E-state index contributed by atoms with van der Waals surface area (Å²) in [5.74, 6) is -1.33. The molecule has 0 amide bonds. The van der Waals surface area contributed by atoms with Crippen LogP contribution in [0.1, 0.15) is 43.0 Å². The molecule has 1 aliphatic rings. The summed E-state index contributed by atoms with van der Waals surface area (Å²) in [6, 6.07) is 2.18. The number of carboxylic acids is 1. The maximum absolute atomic E-state index is 13.6. The van der Waals surface area contributed by atoms with Gasteiger partial charge in [-0.15, -0.1) is 0 Å². The third kappa shape index (κ3) is 3.16. The zero-order valence-electron chi connectivity index (χ0n) is 10.9. The van der Waals surface area contributed by atoms with Gasteiger partial charge in [-0.2, -0.15) is 0 Å². The average molecular weight is 267 g/mol. The summed E-state index contributed by atoms with van der Waals surface area (Å²) in [6.07, 6.45) is 4.14. The molecule has 2 rings (SSSR count). The first-order valence-corrected chi connectivity index (χ1v) is 6.46. The van der Waals surface area contributed by atoms with Gasteiger partial charge in [-0.05, 0) is 31.2 Å². The van der Waals surface area contributed by atoms with E-state index in [0.717, 1.165) is 31.4 Å². The molecule has 19 heavy (non-hydrogen) atoms. The highest BCUT2D eigenvalue weighted by atomic mass is 19.1. The van der Waals surface area contributed by atoms with Crippen LogP contribution in [0.15, 0.2) is 12.1 Å². The lowest BCUT2D eigenvalue weighted by Gasteiger charge is -2.27. The van der Waals surface area contributed by atoms with Crippen molar-refractivity contribution >= 4 is 11.7 Å². The van der Waals surface area contributed by atoms with E-state index in [1.165, 1.54) is 6.42 Å². The number of nitrogen functional groups attached to an aromatic ring is 1. The number of benzene rings is 1. The molecule has 5 heteroatoms. The largest absolute Gasteiger partial charge is 0.488 e. The highest BCUT2D eigenvalue weighted by Gasteiger charge is 2.22. The van der Waals surface area contributed by atoms with Crippen molar-refractivity contribution in [1.29, 1.82) is 0 Å². The summed E-state index contributed by atoms with van der Waals surface area (Å²) in [6.45, 7) is 2.16. The maximum atomic E-state index is 13.6. The van der Waals surface area contributed by atoms with Gasteiger partial charge in [0.15, 0.2) is 0 Å². The van der Waals surface area contributed by atoms with Crippen molar-refractivity contribution in [2.75, 3.05) is 5.73 Å². The smallest absolute Gasteiger partial charge is 0.338 e. The van der Waals surface area contributed by atoms with E-state index in [9.17, 15) is 9.18 Å². The zero-order valence-corrected chi connectivity index (χ0v) is 10.9. The summed E-state index contributed by atoms with van der Waals surface area (Å²) in [4.78, 5) is 10.8. The van der Waals surface area contributed by atoms with Crippen LogP contribution in [0, 0.1) is 11.7 Å². The molecule has 3 N–H and O–H groups in total. The van der Waals surface area contributed by atoms with E-state index in [0.29, 0.717) is 5.92 Å². The summed E-state index contributed by atoms with van der Waals surface area (Å²) in [5.41, 5.74) is 5.46. The first-order valence-electron chi connectivity index (χ1n) is 6.46. The molecule has 0 aliphatic heterocycles. The second-order valence-electron chi connectivity index (χ2n) is 5.19. The monoisotopic (exact) mass is 267 g/mol. The first kappa shape index (κ1) is 13.6. The minimum atomic E-state index is -1.33. The number of hydrogen-bond donors (Lipinski definition) is 2. The Kier molecular flexibility index (Phi) is 3.93. The average Bonchev–Trinajstić information content (AvgIpc) is 2.33. The van der Waals surface area contributed by atoms with Crippen LogP contribution in [0.5, 0.6) is 5.75 Å². The molecule has 0 aromatic heterocycles. The highest BCUT2D eigenvalue weighted by molar-refractivity contribution is 5.89. The Hall–Kier alpha value is -1.78. The van der Waals surface area contributed by atoms with Crippen LogP contribution in [0.4, 0.5) is 10.1 Å². The van der Waals surface area contributed by atoms with Crippen LogP contribution >= 0.6 is 0 Å².